The third kappa shape index (κ3) is 2.93. The molecule has 1 fully saturated rings. The highest BCUT2D eigenvalue weighted by atomic mass is 16.8. The van der Waals surface area contributed by atoms with Crippen LogP contribution in [0.3, 0.4) is 0 Å². The molecule has 6 nitrogen and oxygen atoms in total. The lowest BCUT2D eigenvalue weighted by molar-refractivity contribution is -0.261. The van der Waals surface area contributed by atoms with Gasteiger partial charge in [0.05, 0.1) is 12.3 Å². The number of aliphatic hydroxyl groups excluding tert-OH is 3. The largest absolute Gasteiger partial charge is 0.388 e. The molecular formula is C11H15NO5. The summed E-state index contributed by atoms with van der Waals surface area (Å²) in [5.74, 6) is 0. The van der Waals surface area contributed by atoms with Crippen LogP contribution in [0, 0.1) is 0 Å². The second-order valence-electron chi connectivity index (χ2n) is 3.84. The lowest BCUT2D eigenvalue weighted by atomic mass is 10.1. The van der Waals surface area contributed by atoms with E-state index in [0.717, 1.165) is 0 Å². The molecule has 0 aliphatic carbocycles. The average Bonchev–Trinajstić information content (AvgIpc) is 2.36. The van der Waals surface area contributed by atoms with E-state index in [0.29, 0.717) is 5.69 Å². The van der Waals surface area contributed by atoms with E-state index < -0.39 is 24.6 Å². The molecule has 4 atom stereocenters. The minimum atomic E-state index is -1.30. The number of benzene rings is 1. The van der Waals surface area contributed by atoms with E-state index in [1.807, 2.05) is 18.2 Å². The maximum atomic E-state index is 9.59. The number of rotatable bonds is 3. The van der Waals surface area contributed by atoms with Gasteiger partial charge in [-0.3, -0.25) is 5.48 Å². The van der Waals surface area contributed by atoms with Gasteiger partial charge in [0.25, 0.3) is 0 Å². The quantitative estimate of drug-likeness (QED) is 0.532. The number of aliphatic hydroxyl groups is 3. The van der Waals surface area contributed by atoms with Gasteiger partial charge in [-0.15, -0.1) is 0 Å². The van der Waals surface area contributed by atoms with Crippen LogP contribution in [0.5, 0.6) is 0 Å². The maximum Gasteiger partial charge on any atom is 0.212 e. The summed E-state index contributed by atoms with van der Waals surface area (Å²) in [6.07, 6.45) is -4.68. The van der Waals surface area contributed by atoms with E-state index in [1.54, 1.807) is 12.1 Å². The highest BCUT2D eigenvalue weighted by molar-refractivity contribution is 5.40. The molecule has 1 aromatic carbocycles. The summed E-state index contributed by atoms with van der Waals surface area (Å²) in [6, 6.07) is 9.06. The summed E-state index contributed by atoms with van der Waals surface area (Å²) < 4.78 is 5.05. The van der Waals surface area contributed by atoms with Crippen molar-refractivity contribution in [2.45, 2.75) is 24.6 Å². The minimum Gasteiger partial charge on any atom is -0.388 e. The van der Waals surface area contributed by atoms with Crippen molar-refractivity contribution in [1.29, 1.82) is 0 Å². The summed E-state index contributed by atoms with van der Waals surface area (Å²) in [5.41, 5.74) is 3.30. The Bertz CT molecular complexity index is 347. The smallest absolute Gasteiger partial charge is 0.212 e. The zero-order valence-corrected chi connectivity index (χ0v) is 9.06. The first-order chi connectivity index (χ1) is 8.18. The van der Waals surface area contributed by atoms with E-state index in [9.17, 15) is 15.3 Å². The van der Waals surface area contributed by atoms with Gasteiger partial charge in [-0.1, -0.05) is 18.2 Å². The molecule has 0 radical (unpaired) electrons. The van der Waals surface area contributed by atoms with Crippen molar-refractivity contribution in [1.82, 2.24) is 0 Å². The van der Waals surface area contributed by atoms with Crippen molar-refractivity contribution >= 4 is 5.69 Å². The van der Waals surface area contributed by atoms with Crippen molar-refractivity contribution in [3.05, 3.63) is 30.3 Å². The molecule has 0 bridgehead atoms. The van der Waals surface area contributed by atoms with E-state index in [4.69, 9.17) is 9.57 Å². The lowest BCUT2D eigenvalue weighted by Gasteiger charge is -2.34. The summed E-state index contributed by atoms with van der Waals surface area (Å²) in [4.78, 5) is 5.11. The van der Waals surface area contributed by atoms with Crippen LogP contribution in [-0.2, 0) is 9.57 Å². The molecule has 0 saturated carbocycles. The number of anilines is 1. The maximum absolute atomic E-state index is 9.59. The van der Waals surface area contributed by atoms with Crippen LogP contribution < -0.4 is 5.48 Å². The van der Waals surface area contributed by atoms with Gasteiger partial charge in [0.15, 0.2) is 0 Å². The highest BCUT2D eigenvalue weighted by Gasteiger charge is 2.38. The predicted molar refractivity (Wildman–Crippen MR) is 58.9 cm³/mol. The van der Waals surface area contributed by atoms with Gasteiger partial charge >= 0.3 is 0 Å². The van der Waals surface area contributed by atoms with E-state index in [-0.39, 0.29) is 6.61 Å². The lowest BCUT2D eigenvalue weighted by Crippen LogP contribution is -2.54. The monoisotopic (exact) mass is 241 g/mol. The van der Waals surface area contributed by atoms with Crippen molar-refractivity contribution < 1.29 is 24.9 Å². The fourth-order valence-electron chi connectivity index (χ4n) is 1.52. The molecule has 1 aliphatic rings. The Hall–Kier alpha value is -1.18. The van der Waals surface area contributed by atoms with E-state index in [2.05, 4.69) is 5.48 Å². The second kappa shape index (κ2) is 5.44. The molecule has 94 valence electrons. The van der Waals surface area contributed by atoms with Gasteiger partial charge in [0.2, 0.25) is 6.29 Å². The van der Waals surface area contributed by atoms with Crippen molar-refractivity contribution in [2.75, 3.05) is 12.1 Å². The van der Waals surface area contributed by atoms with Gasteiger partial charge in [-0.25, -0.2) is 4.84 Å². The third-order valence-electron chi connectivity index (χ3n) is 2.52. The summed E-state index contributed by atoms with van der Waals surface area (Å²) >= 11 is 0. The molecule has 0 unspecified atom stereocenters. The molecule has 0 aromatic heterocycles. The average molecular weight is 241 g/mol. The standard InChI is InChI=1S/C11H15NO5/c13-8-6-16-11(10(15)9(8)14)17-12-7-4-2-1-3-5-7/h1-5,8-15H,6H2/t8-,9-,10-,11-/m1/s1. The topological polar surface area (TPSA) is 91.2 Å². The molecule has 2 rings (SSSR count). The Kier molecular flexibility index (Phi) is 3.93. The van der Waals surface area contributed by atoms with Crippen LogP contribution in [0.2, 0.25) is 0 Å². The molecule has 1 aromatic rings. The van der Waals surface area contributed by atoms with Gasteiger partial charge in [-0.2, -0.15) is 0 Å². The van der Waals surface area contributed by atoms with Crippen LogP contribution >= 0.6 is 0 Å². The Labute approximate surface area is 98.4 Å². The first kappa shape index (κ1) is 12.3. The highest BCUT2D eigenvalue weighted by Crippen LogP contribution is 2.17. The molecular weight excluding hydrogens is 226 g/mol. The van der Waals surface area contributed by atoms with Crippen molar-refractivity contribution in [3.8, 4) is 0 Å². The van der Waals surface area contributed by atoms with E-state index >= 15 is 0 Å². The van der Waals surface area contributed by atoms with Gasteiger partial charge in [0.1, 0.15) is 18.3 Å². The predicted octanol–water partition coefficient (Wildman–Crippen LogP) is -0.531. The molecule has 1 aliphatic heterocycles. The van der Waals surface area contributed by atoms with Gasteiger partial charge in [0, 0.05) is 0 Å². The fourth-order valence-corrected chi connectivity index (χ4v) is 1.52. The number of para-hydroxylation sites is 1. The van der Waals surface area contributed by atoms with Crippen LogP contribution in [0.1, 0.15) is 0 Å². The zero-order chi connectivity index (χ0) is 12.3. The first-order valence-corrected chi connectivity index (χ1v) is 5.31. The number of hydrogen-bond acceptors (Lipinski definition) is 6. The number of nitrogens with one attached hydrogen (secondary N) is 1. The van der Waals surface area contributed by atoms with Gasteiger partial charge in [-0.05, 0) is 12.1 Å². The summed E-state index contributed by atoms with van der Waals surface area (Å²) in [5, 5.41) is 28.3. The molecule has 1 saturated heterocycles. The van der Waals surface area contributed by atoms with E-state index in [1.165, 1.54) is 0 Å². The van der Waals surface area contributed by atoms with Crippen LogP contribution in [-0.4, -0.2) is 46.5 Å². The Morgan fingerprint density at radius 1 is 1.12 bits per heavy atom. The van der Waals surface area contributed by atoms with Crippen LogP contribution in [0.25, 0.3) is 0 Å². The van der Waals surface area contributed by atoms with Crippen molar-refractivity contribution in [2.24, 2.45) is 0 Å². The summed E-state index contributed by atoms with van der Waals surface area (Å²) in [6.45, 7) is -0.0840. The second-order valence-corrected chi connectivity index (χ2v) is 3.84. The Balaban J connectivity index is 1.87. The summed E-state index contributed by atoms with van der Waals surface area (Å²) in [7, 11) is 0. The molecule has 0 amide bonds. The zero-order valence-electron chi connectivity index (χ0n) is 9.06. The normalized spacial score (nSPS) is 33.4. The fraction of sp³-hybridized carbons (Fsp3) is 0.455. The molecule has 6 heteroatoms. The van der Waals surface area contributed by atoms with Crippen LogP contribution in [0.4, 0.5) is 5.69 Å². The van der Waals surface area contributed by atoms with Crippen LogP contribution in [0.15, 0.2) is 30.3 Å². The van der Waals surface area contributed by atoms with Gasteiger partial charge < -0.3 is 20.1 Å². The first-order valence-electron chi connectivity index (χ1n) is 5.31. The Morgan fingerprint density at radius 3 is 2.53 bits per heavy atom. The minimum absolute atomic E-state index is 0.0840. The third-order valence-corrected chi connectivity index (χ3v) is 2.52. The molecule has 0 spiro atoms. The molecule has 4 N–H and O–H groups in total. The SMILES string of the molecule is O[C@H]1[C@@H](ONc2ccccc2)OC[C@@H](O)[C@H]1O. The number of hydrogen-bond donors (Lipinski definition) is 4. The molecule has 17 heavy (non-hydrogen) atoms. The van der Waals surface area contributed by atoms with Crippen molar-refractivity contribution in [3.63, 3.8) is 0 Å². The molecule has 1 heterocycles. The Morgan fingerprint density at radius 2 is 1.82 bits per heavy atom. The number of ether oxygens (including phenoxy) is 1.